The molecule has 0 fully saturated rings. The second kappa shape index (κ2) is 5.45. The standard InChI is InChI=1S/C13H9NO3S/c15-9-11-3-1-10(2-4-11)5-6-12-7-8-13(18-12)14(16)17/h1-4,7-8,15H,9H2. The summed E-state index contributed by atoms with van der Waals surface area (Å²) in [6.07, 6.45) is 0. The molecule has 1 heterocycles. The van der Waals surface area contributed by atoms with Gasteiger partial charge in [-0.25, -0.2) is 0 Å². The van der Waals surface area contributed by atoms with E-state index >= 15 is 0 Å². The number of rotatable bonds is 2. The first-order valence-corrected chi connectivity index (χ1v) is 5.97. The second-order valence-corrected chi connectivity index (χ2v) is 4.56. The van der Waals surface area contributed by atoms with Gasteiger partial charge in [-0.2, -0.15) is 0 Å². The van der Waals surface area contributed by atoms with E-state index in [1.54, 1.807) is 30.3 Å². The molecular weight excluding hydrogens is 250 g/mol. The zero-order valence-corrected chi connectivity index (χ0v) is 10.1. The highest BCUT2D eigenvalue weighted by molar-refractivity contribution is 7.15. The molecule has 4 nitrogen and oxygen atoms in total. The van der Waals surface area contributed by atoms with Gasteiger partial charge in [-0.1, -0.05) is 35.3 Å². The molecule has 0 aliphatic rings. The van der Waals surface area contributed by atoms with Gasteiger partial charge >= 0.3 is 5.00 Å². The van der Waals surface area contributed by atoms with Crippen molar-refractivity contribution in [2.24, 2.45) is 0 Å². The molecule has 18 heavy (non-hydrogen) atoms. The maximum Gasteiger partial charge on any atom is 0.325 e. The maximum atomic E-state index is 10.5. The van der Waals surface area contributed by atoms with E-state index in [-0.39, 0.29) is 11.6 Å². The van der Waals surface area contributed by atoms with E-state index in [0.29, 0.717) is 4.88 Å². The molecule has 1 aromatic carbocycles. The molecule has 2 aromatic rings. The third-order valence-electron chi connectivity index (χ3n) is 2.24. The van der Waals surface area contributed by atoms with Crippen molar-refractivity contribution in [1.82, 2.24) is 0 Å². The van der Waals surface area contributed by atoms with Gasteiger partial charge in [-0.15, -0.1) is 0 Å². The van der Waals surface area contributed by atoms with Gasteiger partial charge in [0.1, 0.15) is 0 Å². The zero-order chi connectivity index (χ0) is 13.0. The molecule has 0 aliphatic heterocycles. The number of nitrogens with zero attached hydrogens (tertiary/aromatic N) is 1. The van der Waals surface area contributed by atoms with E-state index in [0.717, 1.165) is 22.5 Å². The number of hydrogen-bond acceptors (Lipinski definition) is 4. The Morgan fingerprint density at radius 3 is 2.44 bits per heavy atom. The van der Waals surface area contributed by atoms with Crippen molar-refractivity contribution in [3.8, 4) is 11.8 Å². The van der Waals surface area contributed by atoms with Gasteiger partial charge in [0.05, 0.1) is 16.4 Å². The summed E-state index contributed by atoms with van der Waals surface area (Å²) in [5.41, 5.74) is 1.63. The van der Waals surface area contributed by atoms with Crippen molar-refractivity contribution in [3.63, 3.8) is 0 Å². The zero-order valence-electron chi connectivity index (χ0n) is 9.29. The summed E-state index contributed by atoms with van der Waals surface area (Å²) < 4.78 is 0. The number of hydrogen-bond donors (Lipinski definition) is 1. The van der Waals surface area contributed by atoms with E-state index in [1.165, 1.54) is 6.07 Å². The van der Waals surface area contributed by atoms with E-state index in [1.807, 2.05) is 0 Å². The van der Waals surface area contributed by atoms with E-state index in [9.17, 15) is 10.1 Å². The fourth-order valence-corrected chi connectivity index (χ4v) is 1.99. The van der Waals surface area contributed by atoms with Crippen molar-refractivity contribution in [2.75, 3.05) is 0 Å². The summed E-state index contributed by atoms with van der Waals surface area (Å²) >= 11 is 1.06. The van der Waals surface area contributed by atoms with Gasteiger partial charge < -0.3 is 5.11 Å². The van der Waals surface area contributed by atoms with Gasteiger partial charge in [0, 0.05) is 11.6 Å². The molecule has 5 heteroatoms. The largest absolute Gasteiger partial charge is 0.392 e. The molecule has 2 rings (SSSR count). The minimum atomic E-state index is -0.425. The average Bonchev–Trinajstić information content (AvgIpc) is 2.86. The molecule has 90 valence electrons. The Morgan fingerprint density at radius 1 is 1.17 bits per heavy atom. The third kappa shape index (κ3) is 2.94. The molecule has 0 saturated heterocycles. The Bertz CT molecular complexity index is 620. The smallest absolute Gasteiger partial charge is 0.325 e. The van der Waals surface area contributed by atoms with Crippen LogP contribution in [-0.2, 0) is 6.61 Å². The van der Waals surface area contributed by atoms with Gasteiger partial charge in [-0.3, -0.25) is 10.1 Å². The van der Waals surface area contributed by atoms with Crippen LogP contribution in [0.5, 0.6) is 0 Å². The van der Waals surface area contributed by atoms with Crippen molar-refractivity contribution >= 4 is 16.3 Å². The normalized spacial score (nSPS) is 9.61. The van der Waals surface area contributed by atoms with Crippen molar-refractivity contribution in [2.45, 2.75) is 6.61 Å². The molecular formula is C13H9NO3S. The highest BCUT2D eigenvalue weighted by Gasteiger charge is 2.07. The predicted octanol–water partition coefficient (Wildman–Crippen LogP) is 2.55. The Balaban J connectivity index is 2.17. The fraction of sp³-hybridized carbons (Fsp3) is 0.0769. The summed E-state index contributed by atoms with van der Waals surface area (Å²) in [7, 11) is 0. The molecule has 0 saturated carbocycles. The van der Waals surface area contributed by atoms with E-state index in [2.05, 4.69) is 11.8 Å². The highest BCUT2D eigenvalue weighted by atomic mass is 32.1. The van der Waals surface area contributed by atoms with Crippen molar-refractivity contribution in [1.29, 1.82) is 0 Å². The van der Waals surface area contributed by atoms with Crippen molar-refractivity contribution in [3.05, 3.63) is 62.5 Å². The van der Waals surface area contributed by atoms with Crippen LogP contribution in [0.15, 0.2) is 36.4 Å². The van der Waals surface area contributed by atoms with Crippen LogP contribution in [-0.4, -0.2) is 10.0 Å². The number of aliphatic hydroxyl groups excluding tert-OH is 1. The Hall–Kier alpha value is -2.16. The molecule has 0 radical (unpaired) electrons. The van der Waals surface area contributed by atoms with Crippen LogP contribution in [0.25, 0.3) is 0 Å². The van der Waals surface area contributed by atoms with Crippen LogP contribution < -0.4 is 0 Å². The third-order valence-corrected chi connectivity index (χ3v) is 3.19. The summed E-state index contributed by atoms with van der Waals surface area (Å²) in [5, 5.41) is 19.5. The lowest BCUT2D eigenvalue weighted by molar-refractivity contribution is -0.380. The van der Waals surface area contributed by atoms with Gasteiger partial charge in [0.25, 0.3) is 0 Å². The lowest BCUT2D eigenvalue weighted by Gasteiger charge is -1.94. The molecule has 0 atom stereocenters. The minimum Gasteiger partial charge on any atom is -0.392 e. The van der Waals surface area contributed by atoms with Crippen LogP contribution in [0.3, 0.4) is 0 Å². The fourth-order valence-electron chi connectivity index (χ4n) is 1.32. The molecule has 0 amide bonds. The number of thiophene rings is 1. The quantitative estimate of drug-likeness (QED) is 0.512. The van der Waals surface area contributed by atoms with E-state index in [4.69, 9.17) is 5.11 Å². The number of nitro groups is 1. The topological polar surface area (TPSA) is 63.4 Å². The summed E-state index contributed by atoms with van der Waals surface area (Å²) in [6.45, 7) is 0.00479. The lowest BCUT2D eigenvalue weighted by Crippen LogP contribution is -1.82. The molecule has 0 spiro atoms. The summed E-state index contributed by atoms with van der Waals surface area (Å²) in [4.78, 5) is 10.7. The van der Waals surface area contributed by atoms with Crippen LogP contribution in [0.1, 0.15) is 16.0 Å². The SMILES string of the molecule is O=[N+]([O-])c1ccc(C#Cc2ccc(CO)cc2)s1. The Kier molecular flexibility index (Phi) is 3.72. The maximum absolute atomic E-state index is 10.5. The predicted molar refractivity (Wildman–Crippen MR) is 69.3 cm³/mol. The average molecular weight is 259 g/mol. The Labute approximate surface area is 108 Å². The first kappa shape index (κ1) is 12.3. The second-order valence-electron chi connectivity index (χ2n) is 3.50. The van der Waals surface area contributed by atoms with Crippen LogP contribution in [0.2, 0.25) is 0 Å². The van der Waals surface area contributed by atoms with Gasteiger partial charge in [0.15, 0.2) is 0 Å². The molecule has 0 unspecified atom stereocenters. The molecule has 1 N–H and O–H groups in total. The minimum absolute atomic E-state index is 0.00479. The first-order chi connectivity index (χ1) is 8.69. The lowest BCUT2D eigenvalue weighted by atomic mass is 10.1. The monoisotopic (exact) mass is 259 g/mol. The van der Waals surface area contributed by atoms with E-state index < -0.39 is 4.92 Å². The molecule has 1 aromatic heterocycles. The summed E-state index contributed by atoms with van der Waals surface area (Å²) in [5.74, 6) is 5.80. The van der Waals surface area contributed by atoms with Crippen LogP contribution in [0.4, 0.5) is 5.00 Å². The van der Waals surface area contributed by atoms with Crippen LogP contribution in [0, 0.1) is 22.0 Å². The molecule has 0 bridgehead atoms. The first-order valence-electron chi connectivity index (χ1n) is 5.15. The molecule has 0 aliphatic carbocycles. The number of benzene rings is 1. The van der Waals surface area contributed by atoms with Crippen LogP contribution >= 0.6 is 11.3 Å². The Morgan fingerprint density at radius 2 is 1.89 bits per heavy atom. The van der Waals surface area contributed by atoms with Crippen molar-refractivity contribution < 1.29 is 10.0 Å². The van der Waals surface area contributed by atoms with Gasteiger partial charge in [-0.05, 0) is 23.8 Å². The number of aliphatic hydroxyl groups is 1. The van der Waals surface area contributed by atoms with Gasteiger partial charge in [0.2, 0.25) is 0 Å². The summed E-state index contributed by atoms with van der Waals surface area (Å²) in [6, 6.07) is 10.3. The highest BCUT2D eigenvalue weighted by Crippen LogP contribution is 2.22.